The zero-order valence-corrected chi connectivity index (χ0v) is 10.7. The second-order valence-corrected chi connectivity index (χ2v) is 5.09. The first-order valence-electron chi connectivity index (χ1n) is 5.87. The van der Waals surface area contributed by atoms with E-state index < -0.39 is 0 Å². The molecule has 3 nitrogen and oxygen atoms in total. The van der Waals surface area contributed by atoms with E-state index in [1.54, 1.807) is 9.13 Å². The number of fused-ring (bicyclic) bond motifs is 1. The minimum Gasteiger partial charge on any atom is -0.298 e. The van der Waals surface area contributed by atoms with Gasteiger partial charge in [0.15, 0.2) is 0 Å². The Morgan fingerprint density at radius 2 is 2.00 bits per heavy atom. The van der Waals surface area contributed by atoms with Crippen LogP contribution in [-0.4, -0.2) is 9.13 Å². The smallest absolute Gasteiger partial charge is 0.298 e. The van der Waals surface area contributed by atoms with Gasteiger partial charge in [0, 0.05) is 25.7 Å². The fourth-order valence-corrected chi connectivity index (χ4v) is 2.63. The molecule has 0 bridgehead atoms. The SMILES string of the molecule is CCC1(C)C=Cc2c(n(C)c(=O)n2C)C1C. The van der Waals surface area contributed by atoms with Crippen LogP contribution in [-0.2, 0) is 14.1 Å². The average Bonchev–Trinajstić information content (AvgIpc) is 2.49. The summed E-state index contributed by atoms with van der Waals surface area (Å²) in [7, 11) is 3.71. The van der Waals surface area contributed by atoms with Gasteiger partial charge in [-0.05, 0) is 17.9 Å². The molecule has 1 aliphatic rings. The zero-order valence-electron chi connectivity index (χ0n) is 10.7. The van der Waals surface area contributed by atoms with Crippen molar-refractivity contribution < 1.29 is 0 Å². The lowest BCUT2D eigenvalue weighted by atomic mass is 9.71. The summed E-state index contributed by atoms with van der Waals surface area (Å²) in [5.74, 6) is 0.386. The van der Waals surface area contributed by atoms with Crippen molar-refractivity contribution in [1.29, 1.82) is 0 Å². The molecule has 0 N–H and O–H groups in total. The molecule has 1 aromatic rings. The first-order valence-corrected chi connectivity index (χ1v) is 5.87. The van der Waals surface area contributed by atoms with Crippen molar-refractivity contribution in [2.24, 2.45) is 19.5 Å². The van der Waals surface area contributed by atoms with Gasteiger partial charge in [-0.1, -0.05) is 26.8 Å². The molecule has 0 aromatic carbocycles. The van der Waals surface area contributed by atoms with E-state index in [0.717, 1.165) is 12.1 Å². The van der Waals surface area contributed by atoms with Gasteiger partial charge in [-0.3, -0.25) is 9.13 Å². The van der Waals surface area contributed by atoms with Crippen LogP contribution in [0.4, 0.5) is 0 Å². The number of hydrogen-bond donors (Lipinski definition) is 0. The van der Waals surface area contributed by atoms with Gasteiger partial charge in [0.2, 0.25) is 0 Å². The third kappa shape index (κ3) is 1.24. The Morgan fingerprint density at radius 1 is 1.38 bits per heavy atom. The predicted octanol–water partition coefficient (Wildman–Crippen LogP) is 2.27. The summed E-state index contributed by atoms with van der Waals surface area (Å²) in [4.78, 5) is 11.9. The Morgan fingerprint density at radius 3 is 2.56 bits per heavy atom. The van der Waals surface area contributed by atoms with Crippen molar-refractivity contribution in [3.05, 3.63) is 27.9 Å². The van der Waals surface area contributed by atoms with E-state index in [9.17, 15) is 4.79 Å². The van der Waals surface area contributed by atoms with Crippen LogP contribution in [0.5, 0.6) is 0 Å². The van der Waals surface area contributed by atoms with E-state index in [1.165, 1.54) is 5.69 Å². The molecular formula is C13H20N2O. The Kier molecular flexibility index (Phi) is 2.37. The maximum absolute atomic E-state index is 11.9. The molecule has 0 saturated carbocycles. The average molecular weight is 220 g/mol. The number of rotatable bonds is 1. The highest BCUT2D eigenvalue weighted by Crippen LogP contribution is 2.44. The van der Waals surface area contributed by atoms with E-state index in [0.29, 0.717) is 5.92 Å². The van der Waals surface area contributed by atoms with Gasteiger partial charge in [-0.15, -0.1) is 0 Å². The minimum atomic E-state index is 0.0712. The number of aromatic nitrogens is 2. The van der Waals surface area contributed by atoms with E-state index in [-0.39, 0.29) is 11.1 Å². The molecule has 0 amide bonds. The van der Waals surface area contributed by atoms with E-state index in [2.05, 4.69) is 32.9 Å². The van der Waals surface area contributed by atoms with Gasteiger partial charge in [0.05, 0.1) is 5.69 Å². The standard InChI is InChI=1S/C13H20N2O/c1-6-13(3)8-7-10-11(9(13)2)15(5)12(16)14(10)4/h7-9H,6H2,1-5H3. The molecule has 0 spiro atoms. The Labute approximate surface area is 96.4 Å². The molecule has 88 valence electrons. The highest BCUT2D eigenvalue weighted by atomic mass is 16.1. The maximum Gasteiger partial charge on any atom is 0.328 e. The second kappa shape index (κ2) is 3.37. The number of imidazole rings is 1. The summed E-state index contributed by atoms with van der Waals surface area (Å²) in [6, 6.07) is 0. The van der Waals surface area contributed by atoms with Crippen LogP contribution in [0.15, 0.2) is 10.9 Å². The molecule has 0 fully saturated rings. The molecular weight excluding hydrogens is 200 g/mol. The van der Waals surface area contributed by atoms with Gasteiger partial charge in [0.25, 0.3) is 0 Å². The van der Waals surface area contributed by atoms with Crippen molar-refractivity contribution >= 4 is 6.08 Å². The van der Waals surface area contributed by atoms with Crippen LogP contribution < -0.4 is 5.69 Å². The molecule has 2 atom stereocenters. The first-order chi connectivity index (χ1) is 7.42. The van der Waals surface area contributed by atoms with Crippen LogP contribution in [0, 0.1) is 5.41 Å². The Balaban J connectivity index is 2.70. The largest absolute Gasteiger partial charge is 0.328 e. The summed E-state index contributed by atoms with van der Waals surface area (Å²) in [5.41, 5.74) is 2.46. The van der Waals surface area contributed by atoms with Gasteiger partial charge < -0.3 is 0 Å². The maximum atomic E-state index is 11.9. The molecule has 1 heterocycles. The highest BCUT2D eigenvalue weighted by Gasteiger charge is 2.35. The Bertz CT molecular complexity index is 507. The fourth-order valence-electron chi connectivity index (χ4n) is 2.63. The van der Waals surface area contributed by atoms with Crippen LogP contribution in [0.25, 0.3) is 6.08 Å². The van der Waals surface area contributed by atoms with Gasteiger partial charge >= 0.3 is 5.69 Å². The van der Waals surface area contributed by atoms with Crippen LogP contribution >= 0.6 is 0 Å². The summed E-state index contributed by atoms with van der Waals surface area (Å²) in [6.45, 7) is 6.67. The van der Waals surface area contributed by atoms with Gasteiger partial charge in [-0.2, -0.15) is 0 Å². The van der Waals surface area contributed by atoms with Crippen molar-refractivity contribution in [3.8, 4) is 0 Å². The lowest BCUT2D eigenvalue weighted by molar-refractivity contribution is 0.327. The van der Waals surface area contributed by atoms with Crippen molar-refractivity contribution in [1.82, 2.24) is 9.13 Å². The number of hydrogen-bond acceptors (Lipinski definition) is 1. The summed E-state index contributed by atoms with van der Waals surface area (Å²) in [5, 5.41) is 0. The molecule has 0 radical (unpaired) electrons. The van der Waals surface area contributed by atoms with Crippen molar-refractivity contribution in [2.45, 2.75) is 33.1 Å². The number of allylic oxidation sites excluding steroid dienone is 1. The Hall–Kier alpha value is -1.25. The van der Waals surface area contributed by atoms with E-state index in [1.807, 2.05) is 14.1 Å². The molecule has 2 unspecified atom stereocenters. The van der Waals surface area contributed by atoms with Gasteiger partial charge in [0.1, 0.15) is 0 Å². The highest BCUT2D eigenvalue weighted by molar-refractivity contribution is 5.55. The third-order valence-corrected chi connectivity index (χ3v) is 4.34. The normalized spacial score (nSPS) is 28.2. The first kappa shape index (κ1) is 11.2. The fraction of sp³-hybridized carbons (Fsp3) is 0.615. The topological polar surface area (TPSA) is 26.9 Å². The minimum absolute atomic E-state index is 0.0712. The third-order valence-electron chi connectivity index (χ3n) is 4.34. The molecule has 0 saturated heterocycles. The molecule has 1 aliphatic carbocycles. The molecule has 0 aliphatic heterocycles. The zero-order chi connectivity index (χ0) is 12.1. The molecule has 2 rings (SSSR count). The van der Waals surface area contributed by atoms with Crippen molar-refractivity contribution in [3.63, 3.8) is 0 Å². The molecule has 16 heavy (non-hydrogen) atoms. The molecule has 3 heteroatoms. The lowest BCUT2D eigenvalue weighted by Gasteiger charge is -2.35. The van der Waals surface area contributed by atoms with Gasteiger partial charge in [-0.25, -0.2) is 4.79 Å². The predicted molar refractivity (Wildman–Crippen MR) is 66.5 cm³/mol. The monoisotopic (exact) mass is 220 g/mol. The quantitative estimate of drug-likeness (QED) is 0.713. The summed E-state index contributed by atoms with van der Waals surface area (Å²) in [6.07, 6.45) is 5.44. The van der Waals surface area contributed by atoms with E-state index in [4.69, 9.17) is 0 Å². The van der Waals surface area contributed by atoms with Crippen LogP contribution in [0.2, 0.25) is 0 Å². The summed E-state index contributed by atoms with van der Waals surface area (Å²) >= 11 is 0. The van der Waals surface area contributed by atoms with Crippen LogP contribution in [0.3, 0.4) is 0 Å². The van der Waals surface area contributed by atoms with Crippen molar-refractivity contribution in [2.75, 3.05) is 0 Å². The number of nitrogens with zero attached hydrogens (tertiary/aromatic N) is 2. The lowest BCUT2D eigenvalue weighted by Crippen LogP contribution is -2.26. The second-order valence-electron chi connectivity index (χ2n) is 5.09. The molecule has 1 aromatic heterocycles. The van der Waals surface area contributed by atoms with Crippen LogP contribution in [0.1, 0.15) is 44.5 Å². The van der Waals surface area contributed by atoms with E-state index >= 15 is 0 Å². The summed E-state index contributed by atoms with van der Waals surface area (Å²) < 4.78 is 3.52.